The van der Waals surface area contributed by atoms with Gasteiger partial charge < -0.3 is 10.2 Å². The first-order valence-corrected chi connectivity index (χ1v) is 9.21. The van der Waals surface area contributed by atoms with E-state index in [9.17, 15) is 4.79 Å². The van der Waals surface area contributed by atoms with Crippen molar-refractivity contribution >= 4 is 28.7 Å². The molecule has 138 valence electrons. The summed E-state index contributed by atoms with van der Waals surface area (Å²) in [5, 5.41) is 7.75. The number of carbonyl (C=O) groups is 1. The molecule has 0 radical (unpaired) electrons. The standard InChI is InChI=1S/C21H18N6O/c28-20-7-4-12-26(20)17-10-8-16(9-11-17)23-18-13-19-24-21(25-27(19)14-22-18)15-5-2-1-3-6-15/h1-3,5-6,8-11,13-14,23H,4,7,12H2. The van der Waals surface area contributed by atoms with Crippen LogP contribution in [0.2, 0.25) is 0 Å². The van der Waals surface area contributed by atoms with E-state index < -0.39 is 0 Å². The van der Waals surface area contributed by atoms with Crippen molar-refractivity contribution < 1.29 is 4.79 Å². The lowest BCUT2D eigenvalue weighted by Gasteiger charge is -2.16. The Bertz CT molecular complexity index is 1140. The van der Waals surface area contributed by atoms with Crippen molar-refractivity contribution in [2.75, 3.05) is 16.8 Å². The monoisotopic (exact) mass is 370 g/mol. The Hall–Kier alpha value is -3.74. The highest BCUT2D eigenvalue weighted by Gasteiger charge is 2.21. The van der Waals surface area contributed by atoms with Crippen LogP contribution in [0.1, 0.15) is 12.8 Å². The average Bonchev–Trinajstić information content (AvgIpc) is 3.35. The van der Waals surface area contributed by atoms with Crippen LogP contribution in [0.15, 0.2) is 67.0 Å². The first-order chi connectivity index (χ1) is 13.8. The number of fused-ring (bicyclic) bond motifs is 1. The van der Waals surface area contributed by atoms with E-state index in [1.165, 1.54) is 0 Å². The van der Waals surface area contributed by atoms with Gasteiger partial charge in [-0.3, -0.25) is 4.79 Å². The number of rotatable bonds is 4. The summed E-state index contributed by atoms with van der Waals surface area (Å²) >= 11 is 0. The van der Waals surface area contributed by atoms with Gasteiger partial charge in [-0.05, 0) is 30.7 Å². The van der Waals surface area contributed by atoms with Crippen molar-refractivity contribution in [2.45, 2.75) is 12.8 Å². The smallest absolute Gasteiger partial charge is 0.227 e. The van der Waals surface area contributed by atoms with E-state index in [1.54, 1.807) is 10.8 Å². The van der Waals surface area contributed by atoms with Crippen LogP contribution < -0.4 is 10.2 Å². The lowest BCUT2D eigenvalue weighted by atomic mass is 10.2. The first kappa shape index (κ1) is 16.4. The van der Waals surface area contributed by atoms with E-state index in [1.807, 2.05) is 65.6 Å². The fourth-order valence-corrected chi connectivity index (χ4v) is 3.37. The second kappa shape index (κ2) is 6.77. The Balaban J connectivity index is 1.37. The van der Waals surface area contributed by atoms with E-state index in [2.05, 4.69) is 20.4 Å². The molecular formula is C21H18N6O. The highest BCUT2D eigenvalue weighted by molar-refractivity contribution is 5.95. The van der Waals surface area contributed by atoms with Crippen LogP contribution in [0, 0.1) is 0 Å². The van der Waals surface area contributed by atoms with E-state index in [4.69, 9.17) is 0 Å². The number of amides is 1. The van der Waals surface area contributed by atoms with Crippen molar-refractivity contribution in [2.24, 2.45) is 0 Å². The molecule has 1 fully saturated rings. The molecule has 2 aromatic carbocycles. The number of nitrogens with one attached hydrogen (secondary N) is 1. The van der Waals surface area contributed by atoms with Crippen LogP contribution in [0.3, 0.4) is 0 Å². The zero-order valence-electron chi connectivity index (χ0n) is 15.1. The first-order valence-electron chi connectivity index (χ1n) is 9.21. The molecule has 7 heteroatoms. The van der Waals surface area contributed by atoms with Crippen LogP contribution in [0.5, 0.6) is 0 Å². The largest absolute Gasteiger partial charge is 0.340 e. The van der Waals surface area contributed by atoms with Crippen molar-refractivity contribution in [3.05, 3.63) is 67.0 Å². The van der Waals surface area contributed by atoms with Crippen molar-refractivity contribution in [1.82, 2.24) is 19.6 Å². The SMILES string of the molecule is O=C1CCCN1c1ccc(Nc2cc3nc(-c4ccccc4)nn3cn2)cc1. The predicted molar refractivity (Wildman–Crippen MR) is 108 cm³/mol. The number of hydrogen-bond acceptors (Lipinski definition) is 5. The van der Waals surface area contributed by atoms with Gasteiger partial charge >= 0.3 is 0 Å². The average molecular weight is 370 g/mol. The molecule has 5 rings (SSSR count). The molecule has 1 N–H and O–H groups in total. The number of benzene rings is 2. The van der Waals surface area contributed by atoms with Crippen LogP contribution >= 0.6 is 0 Å². The van der Waals surface area contributed by atoms with Gasteiger partial charge in [0.1, 0.15) is 12.1 Å². The number of carbonyl (C=O) groups excluding carboxylic acids is 1. The van der Waals surface area contributed by atoms with Crippen LogP contribution in [0.4, 0.5) is 17.2 Å². The topological polar surface area (TPSA) is 75.4 Å². The Morgan fingerprint density at radius 2 is 1.82 bits per heavy atom. The summed E-state index contributed by atoms with van der Waals surface area (Å²) in [6, 6.07) is 19.5. The fourth-order valence-electron chi connectivity index (χ4n) is 3.37. The molecule has 28 heavy (non-hydrogen) atoms. The molecule has 0 spiro atoms. The third-order valence-electron chi connectivity index (χ3n) is 4.79. The fraction of sp³-hybridized carbons (Fsp3) is 0.143. The van der Waals surface area contributed by atoms with Gasteiger partial charge in [0.25, 0.3) is 0 Å². The van der Waals surface area contributed by atoms with Gasteiger partial charge in [0.2, 0.25) is 5.91 Å². The molecule has 0 atom stereocenters. The number of anilines is 3. The third-order valence-corrected chi connectivity index (χ3v) is 4.79. The zero-order valence-corrected chi connectivity index (χ0v) is 15.1. The minimum atomic E-state index is 0.189. The molecule has 4 aromatic rings. The molecule has 2 aromatic heterocycles. The van der Waals surface area contributed by atoms with Gasteiger partial charge in [0.05, 0.1) is 0 Å². The van der Waals surface area contributed by atoms with Crippen LogP contribution in [-0.4, -0.2) is 32.0 Å². The second-order valence-electron chi connectivity index (χ2n) is 6.70. The Morgan fingerprint density at radius 1 is 1.00 bits per heavy atom. The Kier molecular flexibility index (Phi) is 3.97. The van der Waals surface area contributed by atoms with Crippen molar-refractivity contribution in [3.8, 4) is 11.4 Å². The molecule has 1 amide bonds. The number of nitrogens with zero attached hydrogens (tertiary/aromatic N) is 5. The summed E-state index contributed by atoms with van der Waals surface area (Å²) in [4.78, 5) is 22.7. The van der Waals surface area contributed by atoms with E-state index in [0.29, 0.717) is 18.1 Å². The lowest BCUT2D eigenvalue weighted by molar-refractivity contribution is -0.117. The number of hydrogen-bond donors (Lipinski definition) is 1. The maximum absolute atomic E-state index is 11.9. The highest BCUT2D eigenvalue weighted by atomic mass is 16.2. The minimum Gasteiger partial charge on any atom is -0.340 e. The molecule has 0 aliphatic carbocycles. The van der Waals surface area contributed by atoms with Crippen LogP contribution in [0.25, 0.3) is 17.0 Å². The molecule has 0 bridgehead atoms. The third kappa shape index (κ3) is 3.07. The highest BCUT2D eigenvalue weighted by Crippen LogP contribution is 2.24. The van der Waals surface area contributed by atoms with Gasteiger partial charge in [-0.1, -0.05) is 30.3 Å². The van der Waals surface area contributed by atoms with Gasteiger partial charge in [0, 0.05) is 36.0 Å². The second-order valence-corrected chi connectivity index (χ2v) is 6.70. The maximum atomic E-state index is 11.9. The predicted octanol–water partition coefficient (Wildman–Crippen LogP) is 3.66. The molecule has 1 aliphatic heterocycles. The van der Waals surface area contributed by atoms with Gasteiger partial charge in [-0.2, -0.15) is 0 Å². The number of aromatic nitrogens is 4. The zero-order chi connectivity index (χ0) is 18.9. The molecule has 0 saturated carbocycles. The molecule has 7 nitrogen and oxygen atoms in total. The van der Waals surface area contributed by atoms with Crippen molar-refractivity contribution in [3.63, 3.8) is 0 Å². The summed E-state index contributed by atoms with van der Waals surface area (Å²) < 4.78 is 1.66. The van der Waals surface area contributed by atoms with Gasteiger partial charge in [0.15, 0.2) is 11.5 Å². The Morgan fingerprint density at radius 3 is 2.57 bits per heavy atom. The molecule has 0 unspecified atom stereocenters. The van der Waals surface area contributed by atoms with Gasteiger partial charge in [-0.25, -0.2) is 14.5 Å². The summed E-state index contributed by atoms with van der Waals surface area (Å²) in [6.45, 7) is 0.792. The summed E-state index contributed by atoms with van der Waals surface area (Å²) in [5.41, 5.74) is 3.51. The maximum Gasteiger partial charge on any atom is 0.227 e. The van der Waals surface area contributed by atoms with Crippen LogP contribution in [-0.2, 0) is 4.79 Å². The molecule has 1 saturated heterocycles. The minimum absolute atomic E-state index is 0.189. The molecule has 3 heterocycles. The van der Waals surface area contributed by atoms with E-state index in [0.717, 1.165) is 35.6 Å². The quantitative estimate of drug-likeness (QED) is 0.593. The molecule has 1 aliphatic rings. The normalized spacial score (nSPS) is 14.0. The summed E-state index contributed by atoms with van der Waals surface area (Å²) in [7, 11) is 0. The Labute approximate surface area is 161 Å². The van der Waals surface area contributed by atoms with Gasteiger partial charge in [-0.15, -0.1) is 5.10 Å². The van der Waals surface area contributed by atoms with E-state index in [-0.39, 0.29) is 5.91 Å². The molecular weight excluding hydrogens is 352 g/mol. The lowest BCUT2D eigenvalue weighted by Crippen LogP contribution is -2.23. The summed E-state index contributed by atoms with van der Waals surface area (Å²) in [5.74, 6) is 1.54. The van der Waals surface area contributed by atoms with E-state index >= 15 is 0 Å². The summed E-state index contributed by atoms with van der Waals surface area (Å²) in [6.07, 6.45) is 3.20. The van der Waals surface area contributed by atoms with Crippen molar-refractivity contribution in [1.29, 1.82) is 0 Å².